The van der Waals surface area contributed by atoms with Crippen molar-refractivity contribution in [3.8, 4) is 33.6 Å². The molecule has 9 rings (SSSR count). The minimum Gasteiger partial charge on any atom is -0.312 e. The van der Waals surface area contributed by atoms with Crippen molar-refractivity contribution < 1.29 is 0 Å². The quantitative estimate of drug-likeness (QED) is 0.156. The molecule has 306 valence electrons. The van der Waals surface area contributed by atoms with Crippen molar-refractivity contribution in [3.05, 3.63) is 18.2 Å². The van der Waals surface area contributed by atoms with Crippen molar-refractivity contribution in [3.63, 3.8) is 0 Å². The maximum absolute atomic E-state index is 2.79. The summed E-state index contributed by atoms with van der Waals surface area (Å²) in [5, 5.41) is 5.57. The highest BCUT2D eigenvalue weighted by Crippen LogP contribution is 2.38. The average molecular weight is 856 g/mol. The van der Waals surface area contributed by atoms with E-state index in [4.69, 9.17) is 0 Å². The minimum atomic E-state index is 1.28. The van der Waals surface area contributed by atoms with Crippen LogP contribution in [0.3, 0.4) is 0 Å². The second-order valence-corrected chi connectivity index (χ2v) is 22.0. The van der Waals surface area contributed by atoms with Crippen molar-refractivity contribution in [2.45, 2.75) is 0 Å². The van der Waals surface area contributed by atoms with E-state index in [1.165, 1.54) is 214 Å². The van der Waals surface area contributed by atoms with E-state index in [1.54, 1.807) is 0 Å². The molecule has 0 aliphatic heterocycles. The van der Waals surface area contributed by atoms with Gasteiger partial charge in [-0.2, -0.15) is 0 Å². The Morgan fingerprint density at radius 1 is 0.203 bits per heavy atom. The summed E-state index contributed by atoms with van der Waals surface area (Å²) in [6.45, 7) is 0. The van der Waals surface area contributed by atoms with E-state index in [9.17, 15) is 0 Å². The predicted molar refractivity (Wildman–Crippen MR) is 390 cm³/mol. The maximum atomic E-state index is 2.79. The van der Waals surface area contributed by atoms with Crippen molar-refractivity contribution in [2.75, 3.05) is 0 Å². The van der Waals surface area contributed by atoms with Crippen LogP contribution < -0.4 is 137 Å². The molecule has 0 atom stereocenters. The van der Waals surface area contributed by atoms with Gasteiger partial charge in [0.2, 0.25) is 0 Å². The molecule has 2 aromatic heterocycles. The van der Waals surface area contributed by atoms with Gasteiger partial charge < -0.3 is 9.13 Å². The Bertz CT molecular complexity index is 3680. The van der Waals surface area contributed by atoms with Crippen LogP contribution in [0.1, 0.15) is 0 Å². The van der Waals surface area contributed by atoms with E-state index >= 15 is 0 Å². The summed E-state index contributed by atoms with van der Waals surface area (Å²) in [6.07, 6.45) is 0. The molecule has 0 aliphatic carbocycles. The fourth-order valence-electron chi connectivity index (χ4n) is 13.3. The van der Waals surface area contributed by atoms with Crippen LogP contribution in [0.2, 0.25) is 0 Å². The maximum Gasteiger partial charge on any atom is 0.142 e. The van der Waals surface area contributed by atoms with Crippen LogP contribution in [-0.2, 0) is 0 Å². The first-order chi connectivity index (χ1) is 32.3. The molecule has 0 unspecified atom stereocenters. The first-order valence-corrected chi connectivity index (χ1v) is 25.6. The molecule has 0 bridgehead atoms. The van der Waals surface area contributed by atoms with Crippen molar-refractivity contribution >= 4 is 376 Å². The van der Waals surface area contributed by atoms with Crippen molar-refractivity contribution in [1.82, 2.24) is 9.13 Å². The van der Waals surface area contributed by atoms with E-state index in [0.717, 1.165) is 0 Å². The lowest BCUT2D eigenvalue weighted by Gasteiger charge is -2.28. The highest BCUT2D eigenvalue weighted by Gasteiger charge is 2.31. The van der Waals surface area contributed by atoms with E-state index in [-0.39, 0.29) is 0 Å². The number of hydrogen-bond acceptors (Lipinski definition) is 0. The van der Waals surface area contributed by atoms with Gasteiger partial charge >= 0.3 is 0 Å². The topological polar surface area (TPSA) is 9.86 Å². The minimum absolute atomic E-state index is 1.28. The molecular formula is C42H53B25N2. The first kappa shape index (κ1) is 49.7. The third-order valence-corrected chi connectivity index (χ3v) is 19.6. The number of nitrogens with zero attached hydrogens (tertiary/aromatic N) is 2. The molecule has 2 heterocycles. The summed E-state index contributed by atoms with van der Waals surface area (Å²) in [4.78, 5) is 0. The van der Waals surface area contributed by atoms with Gasteiger partial charge in [0.15, 0.2) is 0 Å². The summed E-state index contributed by atoms with van der Waals surface area (Å²) < 4.78 is 5.53. The van der Waals surface area contributed by atoms with Gasteiger partial charge in [0, 0.05) is 44.3 Å². The second kappa shape index (κ2) is 16.9. The molecule has 0 radical (unpaired) electrons. The number of para-hydroxylation sites is 1. The third-order valence-electron chi connectivity index (χ3n) is 19.6. The van der Waals surface area contributed by atoms with E-state index in [0.29, 0.717) is 0 Å². The Kier molecular flexibility index (Phi) is 12.2. The fraction of sp³-hybridized carbons (Fsp3) is 0. The summed E-state index contributed by atoms with van der Waals surface area (Å²) in [6, 6.07) is 7.22. The number of fused-ring (bicyclic) bond motifs is 6. The largest absolute Gasteiger partial charge is 0.312 e. The molecule has 0 aliphatic rings. The highest BCUT2D eigenvalue weighted by molar-refractivity contribution is 6.75. The Hall–Kier alpha value is -4.24. The molecule has 7 aromatic carbocycles. The molecule has 0 amide bonds. The Morgan fingerprint density at radius 2 is 0.420 bits per heavy atom. The second-order valence-electron chi connectivity index (χ2n) is 22.0. The van der Waals surface area contributed by atoms with Gasteiger partial charge in [-0.05, 0) is 27.3 Å². The average Bonchev–Trinajstić information content (AvgIpc) is 3.87. The van der Waals surface area contributed by atoms with Crippen LogP contribution in [0.5, 0.6) is 0 Å². The van der Waals surface area contributed by atoms with E-state index in [1.807, 2.05) is 0 Å². The zero-order chi connectivity index (χ0) is 50.8. The van der Waals surface area contributed by atoms with Crippen LogP contribution in [0.4, 0.5) is 0 Å². The van der Waals surface area contributed by atoms with Gasteiger partial charge in [0.05, 0.1) is 5.69 Å². The molecule has 0 saturated heterocycles. The zero-order valence-electron chi connectivity index (χ0n) is 47.1. The SMILES string of the molecule is Bc1c(B)c(B)c(-c2cccc(-c3c(B)c(B)c(B)c(B)c3B)c2-n2c3c(B)c(B)c(B)c(B)c3c3c(B)c(-n4c5c(B)c(B)c(B)c(B)c5c5c(B)c(B)c(B)c(B)c54)c(B)c(B)c32)c(B)c1B. The molecular weight excluding hydrogens is 803 g/mol. The molecule has 27 heteroatoms. The molecule has 0 saturated carbocycles. The Morgan fingerprint density at radius 3 is 0.725 bits per heavy atom. The molecule has 9 aromatic rings. The fourth-order valence-corrected chi connectivity index (χ4v) is 13.3. The Balaban J connectivity index is 1.62. The molecule has 69 heavy (non-hydrogen) atoms. The van der Waals surface area contributed by atoms with Crippen LogP contribution >= 0.6 is 0 Å². The monoisotopic (exact) mass is 861 g/mol. The van der Waals surface area contributed by atoms with Crippen LogP contribution in [0.25, 0.3) is 77.2 Å². The third kappa shape index (κ3) is 6.48. The van der Waals surface area contributed by atoms with E-state index < -0.39 is 0 Å². The standard InChI is InChI=1S/C42H53B25N2/c43-12-6(13(44)21(52)27(58)20(12)51)4-2-1-3-5(7-14(45)22(53)28(59)23(54)15(7)46)37(4)68-38-10(18(49)26(57)29(60)32(38)63)11-19(50)42(36(67)35(66)41(11)68)69-39-8(16(47)24(55)30(61)33(39)64)9-17(48)25(56)31(62)34(65)40(9)69/h1-3H,43-67H2. The summed E-state index contributed by atoms with van der Waals surface area (Å²) >= 11 is 0. The van der Waals surface area contributed by atoms with E-state index in [2.05, 4.69) is 223 Å². The normalized spacial score (nSPS) is 11.8. The number of aromatic nitrogens is 2. The van der Waals surface area contributed by atoms with Gasteiger partial charge in [-0.1, -0.05) is 106 Å². The van der Waals surface area contributed by atoms with Crippen LogP contribution in [0.15, 0.2) is 18.2 Å². The lowest BCUT2D eigenvalue weighted by molar-refractivity contribution is 1.19. The lowest BCUT2D eigenvalue weighted by atomic mass is 9.58. The molecule has 0 spiro atoms. The van der Waals surface area contributed by atoms with Crippen LogP contribution in [0, 0.1) is 0 Å². The van der Waals surface area contributed by atoms with Crippen LogP contribution in [-0.4, -0.2) is 205 Å². The van der Waals surface area contributed by atoms with Gasteiger partial charge in [-0.3, -0.25) is 0 Å². The summed E-state index contributed by atoms with van der Waals surface area (Å²) in [7, 11) is 59.0. The van der Waals surface area contributed by atoms with Gasteiger partial charge in [0.25, 0.3) is 0 Å². The van der Waals surface area contributed by atoms with Gasteiger partial charge in [0.1, 0.15) is 196 Å². The molecule has 2 nitrogen and oxygen atoms in total. The number of hydrogen-bond donors (Lipinski definition) is 0. The number of rotatable bonds is 4. The number of benzene rings is 7. The first-order valence-electron chi connectivity index (χ1n) is 25.6. The molecule has 0 N–H and O–H groups in total. The van der Waals surface area contributed by atoms with Crippen molar-refractivity contribution in [2.24, 2.45) is 0 Å². The summed E-state index contributed by atoms with van der Waals surface area (Å²) in [5.74, 6) is 0. The summed E-state index contributed by atoms with van der Waals surface area (Å²) in [5.41, 5.74) is 47.6. The van der Waals surface area contributed by atoms with Crippen molar-refractivity contribution in [1.29, 1.82) is 0 Å². The van der Waals surface area contributed by atoms with Gasteiger partial charge in [-0.15, -0.1) is 49.2 Å². The Labute approximate surface area is 434 Å². The highest BCUT2D eigenvalue weighted by atomic mass is 15.0. The smallest absolute Gasteiger partial charge is 0.142 e. The predicted octanol–water partition coefficient (Wildman–Crippen LogP) is -32.3. The van der Waals surface area contributed by atoms with Gasteiger partial charge in [-0.25, -0.2) is 0 Å². The zero-order valence-corrected chi connectivity index (χ0v) is 47.1. The molecule has 0 fully saturated rings. The lowest BCUT2D eigenvalue weighted by Crippen LogP contribution is -2.55.